The van der Waals surface area contributed by atoms with Crippen molar-refractivity contribution in [3.05, 3.63) is 35.9 Å². The molecule has 0 aromatic heterocycles. The van der Waals surface area contributed by atoms with Crippen LogP contribution in [0.1, 0.15) is 44.6 Å². The molecule has 2 N–H and O–H groups in total. The summed E-state index contributed by atoms with van der Waals surface area (Å²) in [6.45, 7) is 4.44. The van der Waals surface area contributed by atoms with Crippen molar-refractivity contribution in [1.82, 2.24) is 15.8 Å². The van der Waals surface area contributed by atoms with Crippen LogP contribution in [0.15, 0.2) is 30.3 Å². The van der Waals surface area contributed by atoms with Crippen molar-refractivity contribution in [3.8, 4) is 0 Å². The number of piperidine rings is 1. The third kappa shape index (κ3) is 4.56. The fraction of sp³-hybridized carbons (Fsp3) is 0.632. The Hall–Kier alpha value is -1.43. The predicted molar refractivity (Wildman–Crippen MR) is 94.2 cm³/mol. The van der Waals surface area contributed by atoms with Gasteiger partial charge in [-0.05, 0) is 31.2 Å². The molecule has 1 aromatic rings. The largest absolute Gasteiger partial charge is 0.373 e. The van der Waals surface area contributed by atoms with Gasteiger partial charge in [-0.1, -0.05) is 43.7 Å². The minimum Gasteiger partial charge on any atom is -0.373 e. The van der Waals surface area contributed by atoms with Crippen molar-refractivity contribution < 1.29 is 9.53 Å². The van der Waals surface area contributed by atoms with Gasteiger partial charge in [0, 0.05) is 19.1 Å². The molecule has 3 rings (SSSR count). The molecule has 5 heteroatoms. The van der Waals surface area contributed by atoms with Crippen LogP contribution in [-0.2, 0) is 16.1 Å². The smallest absolute Gasteiger partial charge is 0.241 e. The zero-order valence-corrected chi connectivity index (χ0v) is 14.5. The standard InChI is InChI=1S/C19H29N3O2/c1-2-6-16-13-18(21-20-16)19(23)22-11-9-17(10-12-22)24-14-15-7-4-3-5-8-15/h3-5,7-8,16-18,20-21H,2,6,9-14H2,1H3. The van der Waals surface area contributed by atoms with Crippen molar-refractivity contribution >= 4 is 5.91 Å². The number of hydrogen-bond donors (Lipinski definition) is 2. The fourth-order valence-corrected chi connectivity index (χ4v) is 3.57. The van der Waals surface area contributed by atoms with Crippen LogP contribution in [0.2, 0.25) is 0 Å². The van der Waals surface area contributed by atoms with E-state index in [4.69, 9.17) is 4.74 Å². The second-order valence-electron chi connectivity index (χ2n) is 6.88. The van der Waals surface area contributed by atoms with Crippen molar-refractivity contribution in [3.63, 3.8) is 0 Å². The molecule has 2 aliphatic rings. The lowest BCUT2D eigenvalue weighted by Gasteiger charge is -2.33. The monoisotopic (exact) mass is 331 g/mol. The van der Waals surface area contributed by atoms with E-state index in [1.807, 2.05) is 23.1 Å². The molecule has 1 aromatic carbocycles. The number of likely N-dealkylation sites (tertiary alicyclic amines) is 1. The Labute approximate surface area is 144 Å². The van der Waals surface area contributed by atoms with Gasteiger partial charge in [-0.25, -0.2) is 5.43 Å². The molecule has 0 radical (unpaired) electrons. The number of ether oxygens (including phenoxy) is 1. The van der Waals surface area contributed by atoms with Crippen LogP contribution < -0.4 is 10.9 Å². The average molecular weight is 331 g/mol. The highest BCUT2D eigenvalue weighted by Gasteiger charge is 2.33. The molecule has 5 nitrogen and oxygen atoms in total. The zero-order valence-electron chi connectivity index (χ0n) is 14.5. The van der Waals surface area contributed by atoms with Gasteiger partial charge in [-0.2, -0.15) is 0 Å². The topological polar surface area (TPSA) is 53.6 Å². The number of hydrogen-bond acceptors (Lipinski definition) is 4. The number of carbonyl (C=O) groups is 1. The van der Waals surface area contributed by atoms with Crippen LogP contribution in [0.3, 0.4) is 0 Å². The van der Waals surface area contributed by atoms with Gasteiger partial charge in [0.2, 0.25) is 5.91 Å². The highest BCUT2D eigenvalue weighted by molar-refractivity contribution is 5.82. The Kier molecular flexibility index (Phi) is 6.24. The fourth-order valence-electron chi connectivity index (χ4n) is 3.57. The molecular formula is C19H29N3O2. The Morgan fingerprint density at radius 3 is 2.67 bits per heavy atom. The molecule has 1 amide bonds. The summed E-state index contributed by atoms with van der Waals surface area (Å²) in [6.07, 6.45) is 5.28. The second-order valence-corrected chi connectivity index (χ2v) is 6.88. The summed E-state index contributed by atoms with van der Waals surface area (Å²) < 4.78 is 6.01. The number of carbonyl (C=O) groups excluding carboxylic acids is 1. The molecule has 2 atom stereocenters. The van der Waals surface area contributed by atoms with Crippen LogP contribution in [0.5, 0.6) is 0 Å². The lowest BCUT2D eigenvalue weighted by Crippen LogP contribution is -2.49. The molecule has 0 spiro atoms. The van der Waals surface area contributed by atoms with Gasteiger partial charge < -0.3 is 9.64 Å². The molecule has 2 aliphatic heterocycles. The highest BCUT2D eigenvalue weighted by atomic mass is 16.5. The summed E-state index contributed by atoms with van der Waals surface area (Å²) in [5.41, 5.74) is 7.63. The molecule has 2 saturated heterocycles. The molecule has 132 valence electrons. The van der Waals surface area contributed by atoms with E-state index in [1.165, 1.54) is 5.56 Å². The molecule has 0 aliphatic carbocycles. The molecule has 24 heavy (non-hydrogen) atoms. The minimum absolute atomic E-state index is 0.0664. The van der Waals surface area contributed by atoms with Gasteiger partial charge >= 0.3 is 0 Å². The number of rotatable bonds is 6. The van der Waals surface area contributed by atoms with Crippen LogP contribution in [0, 0.1) is 0 Å². The number of hydrazine groups is 1. The Bertz CT molecular complexity index is 515. The van der Waals surface area contributed by atoms with Crippen molar-refractivity contribution in [1.29, 1.82) is 0 Å². The summed E-state index contributed by atoms with van der Waals surface area (Å²) in [5, 5.41) is 0. The molecular weight excluding hydrogens is 302 g/mol. The summed E-state index contributed by atoms with van der Waals surface area (Å²) in [7, 11) is 0. The summed E-state index contributed by atoms with van der Waals surface area (Å²) in [5.74, 6) is 0.239. The van der Waals surface area contributed by atoms with E-state index in [2.05, 4.69) is 29.9 Å². The van der Waals surface area contributed by atoms with Crippen LogP contribution >= 0.6 is 0 Å². The molecule has 0 bridgehead atoms. The summed E-state index contributed by atoms with van der Waals surface area (Å²) in [6, 6.07) is 10.6. The lowest BCUT2D eigenvalue weighted by molar-refractivity contribution is -0.136. The van der Waals surface area contributed by atoms with Crippen molar-refractivity contribution in [2.24, 2.45) is 0 Å². The normalized spacial score (nSPS) is 25.1. The minimum atomic E-state index is -0.0664. The molecule has 2 unspecified atom stereocenters. The quantitative estimate of drug-likeness (QED) is 0.839. The first-order chi connectivity index (χ1) is 11.8. The van der Waals surface area contributed by atoms with E-state index in [0.29, 0.717) is 12.6 Å². The van der Waals surface area contributed by atoms with Gasteiger partial charge in [-0.15, -0.1) is 0 Å². The Balaban J connectivity index is 1.39. The molecule has 2 fully saturated rings. The van der Waals surface area contributed by atoms with Gasteiger partial charge in [0.05, 0.1) is 12.7 Å². The van der Waals surface area contributed by atoms with Crippen molar-refractivity contribution in [2.75, 3.05) is 13.1 Å². The van der Waals surface area contributed by atoms with Gasteiger partial charge in [-0.3, -0.25) is 10.2 Å². The third-order valence-corrected chi connectivity index (χ3v) is 5.00. The summed E-state index contributed by atoms with van der Waals surface area (Å²) in [4.78, 5) is 14.6. The van der Waals surface area contributed by atoms with Gasteiger partial charge in [0.15, 0.2) is 0 Å². The second kappa shape index (κ2) is 8.60. The number of benzene rings is 1. The zero-order chi connectivity index (χ0) is 16.8. The van der Waals surface area contributed by atoms with E-state index in [1.54, 1.807) is 0 Å². The first-order valence-corrected chi connectivity index (χ1v) is 9.21. The van der Waals surface area contributed by atoms with Gasteiger partial charge in [0.25, 0.3) is 0 Å². The first kappa shape index (κ1) is 17.4. The Morgan fingerprint density at radius 2 is 1.96 bits per heavy atom. The maximum Gasteiger partial charge on any atom is 0.241 e. The maximum atomic E-state index is 12.6. The Morgan fingerprint density at radius 1 is 1.21 bits per heavy atom. The van der Waals surface area contributed by atoms with E-state index >= 15 is 0 Å². The van der Waals surface area contributed by atoms with E-state index in [0.717, 1.165) is 45.2 Å². The van der Waals surface area contributed by atoms with Gasteiger partial charge in [0.1, 0.15) is 6.04 Å². The summed E-state index contributed by atoms with van der Waals surface area (Å²) >= 11 is 0. The number of nitrogens with one attached hydrogen (secondary N) is 2. The SMILES string of the molecule is CCCC1CC(C(=O)N2CCC(OCc3ccccc3)CC2)NN1. The van der Waals surface area contributed by atoms with Crippen LogP contribution in [-0.4, -0.2) is 42.1 Å². The van der Waals surface area contributed by atoms with E-state index in [9.17, 15) is 4.79 Å². The average Bonchev–Trinajstić information content (AvgIpc) is 3.10. The third-order valence-electron chi connectivity index (χ3n) is 5.00. The van der Waals surface area contributed by atoms with E-state index < -0.39 is 0 Å². The number of nitrogens with zero attached hydrogens (tertiary/aromatic N) is 1. The maximum absolute atomic E-state index is 12.6. The lowest BCUT2D eigenvalue weighted by atomic mass is 10.0. The molecule has 2 heterocycles. The number of amides is 1. The van der Waals surface area contributed by atoms with Crippen molar-refractivity contribution in [2.45, 2.75) is 63.8 Å². The van der Waals surface area contributed by atoms with Crippen LogP contribution in [0.4, 0.5) is 0 Å². The molecule has 0 saturated carbocycles. The van der Waals surface area contributed by atoms with Crippen LogP contribution in [0.25, 0.3) is 0 Å². The highest BCUT2D eigenvalue weighted by Crippen LogP contribution is 2.19. The predicted octanol–water partition coefficient (Wildman–Crippen LogP) is 2.23. The van der Waals surface area contributed by atoms with E-state index in [-0.39, 0.29) is 18.1 Å². The first-order valence-electron chi connectivity index (χ1n) is 9.21.